The van der Waals surface area contributed by atoms with Crippen molar-refractivity contribution in [3.63, 3.8) is 0 Å². The first-order chi connectivity index (χ1) is 8.58. The Morgan fingerprint density at radius 3 is 2.11 bits per heavy atom. The Kier molecular flexibility index (Phi) is 6.15. The maximum atomic E-state index is 12.9. The molecule has 0 unspecified atom stereocenters. The maximum Gasteiger partial charge on any atom is 0.194 e. The average Bonchev–Trinajstić information content (AvgIpc) is 2.36. The summed E-state index contributed by atoms with van der Waals surface area (Å²) in [6, 6.07) is 2.03. The molecule has 1 N–H and O–H groups in total. The first kappa shape index (κ1) is 15.0. The lowest BCUT2D eigenvalue weighted by atomic mass is 10.2. The average molecular weight is 260 g/mol. The van der Waals surface area contributed by atoms with Crippen LogP contribution in [-0.4, -0.2) is 31.1 Å². The van der Waals surface area contributed by atoms with E-state index in [0.717, 1.165) is 38.3 Å². The third kappa shape index (κ3) is 4.31. The van der Waals surface area contributed by atoms with Crippen molar-refractivity contribution in [1.29, 1.82) is 0 Å². The zero-order chi connectivity index (χ0) is 13.5. The van der Waals surface area contributed by atoms with Crippen LogP contribution in [0.1, 0.15) is 19.4 Å². The summed E-state index contributed by atoms with van der Waals surface area (Å²) < 4.78 is 38.6. The zero-order valence-electron chi connectivity index (χ0n) is 10.8. The summed E-state index contributed by atoms with van der Waals surface area (Å²) in [4.78, 5) is 2.23. The molecular formula is C13H19F3N2. The second-order valence-corrected chi connectivity index (χ2v) is 4.08. The molecule has 0 fully saturated rings. The van der Waals surface area contributed by atoms with E-state index in [9.17, 15) is 13.2 Å². The largest absolute Gasteiger partial charge is 0.311 e. The topological polar surface area (TPSA) is 15.3 Å². The van der Waals surface area contributed by atoms with Gasteiger partial charge >= 0.3 is 0 Å². The van der Waals surface area contributed by atoms with Crippen molar-refractivity contribution >= 4 is 0 Å². The quantitative estimate of drug-likeness (QED) is 0.598. The van der Waals surface area contributed by atoms with E-state index in [1.807, 2.05) is 0 Å². The van der Waals surface area contributed by atoms with E-state index in [0.29, 0.717) is 12.1 Å². The summed E-state index contributed by atoms with van der Waals surface area (Å²) in [6.45, 7) is 8.02. The second kappa shape index (κ2) is 7.38. The second-order valence-electron chi connectivity index (χ2n) is 4.08. The molecule has 0 heterocycles. The number of benzene rings is 1. The lowest BCUT2D eigenvalue weighted by molar-refractivity contribution is 0.302. The zero-order valence-corrected chi connectivity index (χ0v) is 10.8. The molecule has 102 valence electrons. The number of hydrogen-bond acceptors (Lipinski definition) is 2. The van der Waals surface area contributed by atoms with Gasteiger partial charge < -0.3 is 10.2 Å². The summed E-state index contributed by atoms with van der Waals surface area (Å²) in [6.07, 6.45) is 0. The fraction of sp³-hybridized carbons (Fsp3) is 0.538. The van der Waals surface area contributed by atoms with E-state index in [-0.39, 0.29) is 0 Å². The molecule has 0 bridgehead atoms. The first-order valence-corrected chi connectivity index (χ1v) is 6.15. The molecule has 0 aromatic heterocycles. The lowest BCUT2D eigenvalue weighted by Gasteiger charge is -2.18. The van der Waals surface area contributed by atoms with Crippen LogP contribution in [0.2, 0.25) is 0 Å². The minimum Gasteiger partial charge on any atom is -0.311 e. The van der Waals surface area contributed by atoms with Gasteiger partial charge in [-0.2, -0.15) is 0 Å². The molecule has 5 heteroatoms. The summed E-state index contributed by atoms with van der Waals surface area (Å²) in [7, 11) is 0. The van der Waals surface area contributed by atoms with Gasteiger partial charge in [-0.25, -0.2) is 13.2 Å². The molecule has 0 atom stereocenters. The fourth-order valence-electron chi connectivity index (χ4n) is 1.72. The van der Waals surface area contributed by atoms with E-state index in [1.54, 1.807) is 0 Å². The van der Waals surface area contributed by atoms with Gasteiger partial charge in [0.1, 0.15) is 0 Å². The minimum atomic E-state index is -1.41. The number of nitrogens with one attached hydrogen (secondary N) is 1. The van der Waals surface area contributed by atoms with Crippen molar-refractivity contribution in [3.8, 4) is 0 Å². The predicted octanol–water partition coefficient (Wildman–Crippen LogP) is 2.54. The molecule has 18 heavy (non-hydrogen) atoms. The normalized spacial score (nSPS) is 11.2. The number of hydrogen-bond donors (Lipinski definition) is 1. The highest BCUT2D eigenvalue weighted by atomic mass is 19.2. The van der Waals surface area contributed by atoms with Gasteiger partial charge in [-0.1, -0.05) is 13.8 Å². The molecule has 1 aromatic rings. The van der Waals surface area contributed by atoms with Crippen LogP contribution in [0.15, 0.2) is 12.1 Å². The van der Waals surface area contributed by atoms with Crippen molar-refractivity contribution < 1.29 is 13.2 Å². The summed E-state index contributed by atoms with van der Waals surface area (Å²) in [5.74, 6) is -3.70. The van der Waals surface area contributed by atoms with Gasteiger partial charge in [-0.05, 0) is 30.8 Å². The molecule has 0 spiro atoms. The summed E-state index contributed by atoms with van der Waals surface area (Å²) in [5.41, 5.74) is 0.408. The molecule has 0 aliphatic rings. The molecule has 2 nitrogen and oxygen atoms in total. The van der Waals surface area contributed by atoms with Crippen LogP contribution >= 0.6 is 0 Å². The maximum absolute atomic E-state index is 12.9. The Balaban J connectivity index is 2.40. The Bertz CT molecular complexity index is 355. The monoisotopic (exact) mass is 260 g/mol. The van der Waals surface area contributed by atoms with E-state index in [1.165, 1.54) is 0 Å². The Morgan fingerprint density at radius 2 is 1.61 bits per heavy atom. The third-order valence-corrected chi connectivity index (χ3v) is 2.87. The molecule has 0 aliphatic carbocycles. The molecular weight excluding hydrogens is 241 g/mol. The van der Waals surface area contributed by atoms with Crippen molar-refractivity contribution in [2.75, 3.05) is 26.2 Å². The highest BCUT2D eigenvalue weighted by Crippen LogP contribution is 2.13. The van der Waals surface area contributed by atoms with Gasteiger partial charge in [0.2, 0.25) is 0 Å². The summed E-state index contributed by atoms with van der Waals surface area (Å²) >= 11 is 0. The van der Waals surface area contributed by atoms with E-state index in [4.69, 9.17) is 0 Å². The number of nitrogens with zero attached hydrogens (tertiary/aromatic N) is 1. The minimum absolute atomic E-state index is 0.329. The molecule has 0 saturated heterocycles. The molecule has 1 rings (SSSR count). The highest BCUT2D eigenvalue weighted by Gasteiger charge is 2.10. The fourth-order valence-corrected chi connectivity index (χ4v) is 1.72. The van der Waals surface area contributed by atoms with Gasteiger partial charge in [0, 0.05) is 19.6 Å². The number of rotatable bonds is 7. The van der Waals surface area contributed by atoms with Gasteiger partial charge in [0.15, 0.2) is 17.5 Å². The van der Waals surface area contributed by atoms with E-state index < -0.39 is 17.5 Å². The van der Waals surface area contributed by atoms with Crippen LogP contribution in [0.5, 0.6) is 0 Å². The predicted molar refractivity (Wildman–Crippen MR) is 65.8 cm³/mol. The van der Waals surface area contributed by atoms with Crippen molar-refractivity contribution in [2.45, 2.75) is 20.4 Å². The molecule has 0 radical (unpaired) electrons. The Morgan fingerprint density at radius 1 is 1.06 bits per heavy atom. The van der Waals surface area contributed by atoms with Crippen LogP contribution in [-0.2, 0) is 6.54 Å². The molecule has 0 aliphatic heterocycles. The first-order valence-electron chi connectivity index (χ1n) is 6.15. The highest BCUT2D eigenvalue weighted by molar-refractivity contribution is 5.19. The molecule has 1 aromatic carbocycles. The van der Waals surface area contributed by atoms with Crippen molar-refractivity contribution in [2.24, 2.45) is 0 Å². The third-order valence-electron chi connectivity index (χ3n) is 2.87. The molecule has 0 amide bonds. The SMILES string of the molecule is CCN(CC)CCNCc1cc(F)c(F)c(F)c1. The smallest absolute Gasteiger partial charge is 0.194 e. The van der Waals surface area contributed by atoms with Crippen LogP contribution in [0.3, 0.4) is 0 Å². The van der Waals surface area contributed by atoms with Gasteiger partial charge in [-0.15, -0.1) is 0 Å². The Hall–Kier alpha value is -1.07. The van der Waals surface area contributed by atoms with Crippen LogP contribution in [0, 0.1) is 17.5 Å². The van der Waals surface area contributed by atoms with Crippen molar-refractivity contribution in [3.05, 3.63) is 35.1 Å². The number of likely N-dealkylation sites (N-methyl/N-ethyl adjacent to an activating group) is 1. The van der Waals surface area contributed by atoms with E-state index in [2.05, 4.69) is 24.1 Å². The van der Waals surface area contributed by atoms with Crippen LogP contribution in [0.4, 0.5) is 13.2 Å². The van der Waals surface area contributed by atoms with Gasteiger partial charge in [0.05, 0.1) is 0 Å². The van der Waals surface area contributed by atoms with Crippen LogP contribution < -0.4 is 5.32 Å². The number of halogens is 3. The van der Waals surface area contributed by atoms with Gasteiger partial charge in [-0.3, -0.25) is 0 Å². The van der Waals surface area contributed by atoms with Crippen LogP contribution in [0.25, 0.3) is 0 Å². The standard InChI is InChI=1S/C13H19F3N2/c1-3-18(4-2)6-5-17-9-10-7-11(14)13(16)12(15)8-10/h7-8,17H,3-6,9H2,1-2H3. The summed E-state index contributed by atoms with van der Waals surface area (Å²) in [5, 5.41) is 3.08. The van der Waals surface area contributed by atoms with Gasteiger partial charge in [0.25, 0.3) is 0 Å². The molecule has 0 saturated carbocycles. The van der Waals surface area contributed by atoms with Crippen molar-refractivity contribution in [1.82, 2.24) is 10.2 Å². The van der Waals surface area contributed by atoms with E-state index >= 15 is 0 Å². The Labute approximate surface area is 106 Å². The lowest BCUT2D eigenvalue weighted by Crippen LogP contribution is -2.31.